The van der Waals surface area contributed by atoms with Gasteiger partial charge in [0.15, 0.2) is 11.5 Å². The zero-order valence-corrected chi connectivity index (χ0v) is 12.7. The number of nitrogens with zero attached hydrogens (tertiary/aromatic N) is 1. The summed E-state index contributed by atoms with van der Waals surface area (Å²) in [6, 6.07) is 4.11. The van der Waals surface area contributed by atoms with Crippen molar-refractivity contribution < 1.29 is 14.6 Å². The van der Waals surface area contributed by atoms with Crippen LogP contribution in [0.4, 0.5) is 0 Å². The average molecular weight is 279 g/mol. The minimum Gasteiger partial charge on any atom is -0.493 e. The van der Waals surface area contributed by atoms with Crippen LogP contribution in [-0.2, 0) is 6.54 Å². The molecule has 0 spiro atoms. The lowest BCUT2D eigenvalue weighted by Gasteiger charge is -2.19. The van der Waals surface area contributed by atoms with Crippen LogP contribution in [0.5, 0.6) is 11.5 Å². The van der Waals surface area contributed by atoms with Gasteiger partial charge in [-0.3, -0.25) is 4.90 Å². The zero-order valence-electron chi connectivity index (χ0n) is 12.7. The Morgan fingerprint density at radius 3 is 2.60 bits per heavy atom. The minimum absolute atomic E-state index is 0.299. The van der Waals surface area contributed by atoms with E-state index in [4.69, 9.17) is 14.6 Å². The second kappa shape index (κ2) is 6.95. The van der Waals surface area contributed by atoms with Gasteiger partial charge >= 0.3 is 0 Å². The van der Waals surface area contributed by atoms with Crippen LogP contribution >= 0.6 is 0 Å². The molecular weight excluding hydrogens is 254 g/mol. The van der Waals surface area contributed by atoms with Gasteiger partial charge in [-0.15, -0.1) is 0 Å². The molecule has 1 fully saturated rings. The van der Waals surface area contributed by atoms with E-state index in [1.54, 1.807) is 14.2 Å². The van der Waals surface area contributed by atoms with Crippen LogP contribution in [0, 0.1) is 12.8 Å². The number of aliphatic hydroxyl groups is 1. The molecule has 1 aromatic carbocycles. The van der Waals surface area contributed by atoms with Gasteiger partial charge in [-0.2, -0.15) is 0 Å². The summed E-state index contributed by atoms with van der Waals surface area (Å²) in [5.41, 5.74) is 2.51. The summed E-state index contributed by atoms with van der Waals surface area (Å²) in [5, 5.41) is 9.02. The van der Waals surface area contributed by atoms with E-state index >= 15 is 0 Å². The Balaban J connectivity index is 2.06. The Bertz CT molecular complexity index is 448. The van der Waals surface area contributed by atoms with Gasteiger partial charge in [0.25, 0.3) is 0 Å². The predicted octanol–water partition coefficient (Wildman–Crippen LogP) is 2.22. The van der Waals surface area contributed by atoms with Crippen molar-refractivity contribution in [2.45, 2.75) is 26.3 Å². The molecule has 112 valence electrons. The number of hydrogen-bond acceptors (Lipinski definition) is 4. The van der Waals surface area contributed by atoms with E-state index in [9.17, 15) is 0 Å². The summed E-state index contributed by atoms with van der Waals surface area (Å²) in [6.45, 7) is 5.54. The van der Waals surface area contributed by atoms with Crippen LogP contribution in [0.25, 0.3) is 0 Å². The zero-order chi connectivity index (χ0) is 14.5. The number of aryl methyl sites for hydroxylation is 1. The molecule has 0 saturated carbocycles. The molecule has 2 rings (SSSR count). The summed E-state index contributed by atoms with van der Waals surface area (Å²) in [6.07, 6.45) is 2.11. The largest absolute Gasteiger partial charge is 0.493 e. The van der Waals surface area contributed by atoms with E-state index in [0.717, 1.165) is 37.6 Å². The molecule has 1 aliphatic rings. The van der Waals surface area contributed by atoms with Crippen molar-refractivity contribution in [1.82, 2.24) is 4.90 Å². The first-order valence-corrected chi connectivity index (χ1v) is 7.22. The lowest BCUT2D eigenvalue weighted by atomic mass is 10.1. The molecule has 0 bridgehead atoms. The molecule has 1 heterocycles. The number of methoxy groups -OCH3 is 2. The molecule has 4 heteroatoms. The minimum atomic E-state index is 0.299. The van der Waals surface area contributed by atoms with Crippen LogP contribution in [-0.4, -0.2) is 43.9 Å². The molecule has 1 atom stereocenters. The second-order valence-electron chi connectivity index (χ2n) is 5.54. The van der Waals surface area contributed by atoms with Gasteiger partial charge in [-0.25, -0.2) is 0 Å². The first kappa shape index (κ1) is 15.1. The van der Waals surface area contributed by atoms with Crippen LogP contribution in [0.2, 0.25) is 0 Å². The standard InChI is InChI=1S/C16H25NO3/c1-12-8-15(19-2)16(20-3)9-14(12)11-17-6-4-13(10-17)5-7-18/h8-9,13,18H,4-7,10-11H2,1-3H3. The molecule has 1 unspecified atom stereocenters. The van der Waals surface area contributed by atoms with Crippen molar-refractivity contribution in [2.24, 2.45) is 5.92 Å². The van der Waals surface area contributed by atoms with Gasteiger partial charge in [0.05, 0.1) is 14.2 Å². The van der Waals surface area contributed by atoms with Crippen molar-refractivity contribution in [2.75, 3.05) is 33.9 Å². The maximum atomic E-state index is 9.02. The fourth-order valence-electron chi connectivity index (χ4n) is 2.91. The van der Waals surface area contributed by atoms with Gasteiger partial charge < -0.3 is 14.6 Å². The van der Waals surface area contributed by atoms with Gasteiger partial charge in [-0.1, -0.05) is 0 Å². The molecule has 1 saturated heterocycles. The molecule has 4 nitrogen and oxygen atoms in total. The normalized spacial score (nSPS) is 19.3. The number of hydrogen-bond donors (Lipinski definition) is 1. The number of benzene rings is 1. The van der Waals surface area contributed by atoms with Crippen LogP contribution in [0.3, 0.4) is 0 Å². The van der Waals surface area contributed by atoms with E-state index in [1.807, 2.05) is 6.07 Å². The number of aliphatic hydroxyl groups excluding tert-OH is 1. The molecule has 0 aromatic heterocycles. The van der Waals surface area contributed by atoms with Crippen LogP contribution < -0.4 is 9.47 Å². The molecule has 1 aromatic rings. The van der Waals surface area contributed by atoms with Gasteiger partial charge in [0, 0.05) is 19.7 Å². The maximum absolute atomic E-state index is 9.02. The second-order valence-corrected chi connectivity index (χ2v) is 5.54. The highest BCUT2D eigenvalue weighted by atomic mass is 16.5. The van der Waals surface area contributed by atoms with Crippen molar-refractivity contribution in [3.8, 4) is 11.5 Å². The average Bonchev–Trinajstić information content (AvgIpc) is 2.88. The number of rotatable bonds is 6. The summed E-state index contributed by atoms with van der Waals surface area (Å²) in [7, 11) is 3.33. The molecule has 1 aliphatic heterocycles. The first-order chi connectivity index (χ1) is 9.67. The van der Waals surface area contributed by atoms with Gasteiger partial charge in [0.2, 0.25) is 0 Å². The van der Waals surface area contributed by atoms with Crippen molar-refractivity contribution in [3.05, 3.63) is 23.3 Å². The Labute approximate surface area is 121 Å². The topological polar surface area (TPSA) is 41.9 Å². The summed E-state index contributed by atoms with van der Waals surface area (Å²) < 4.78 is 10.7. The first-order valence-electron chi connectivity index (χ1n) is 7.22. The van der Waals surface area contributed by atoms with Crippen LogP contribution in [0.1, 0.15) is 24.0 Å². The van der Waals surface area contributed by atoms with E-state index in [1.165, 1.54) is 17.5 Å². The predicted molar refractivity (Wildman–Crippen MR) is 79.4 cm³/mol. The molecule has 1 N–H and O–H groups in total. The van der Waals surface area contributed by atoms with Crippen molar-refractivity contribution >= 4 is 0 Å². The Hall–Kier alpha value is -1.26. The van der Waals surface area contributed by atoms with Gasteiger partial charge in [-0.05, 0) is 55.5 Å². The third kappa shape index (κ3) is 3.44. The molecule has 0 radical (unpaired) electrons. The molecule has 20 heavy (non-hydrogen) atoms. The quantitative estimate of drug-likeness (QED) is 0.867. The number of likely N-dealkylation sites (tertiary alicyclic amines) is 1. The van der Waals surface area contributed by atoms with Crippen LogP contribution in [0.15, 0.2) is 12.1 Å². The Morgan fingerprint density at radius 2 is 1.95 bits per heavy atom. The summed E-state index contributed by atoms with van der Waals surface area (Å²) in [4.78, 5) is 2.45. The van der Waals surface area contributed by atoms with E-state index in [-0.39, 0.29) is 0 Å². The fraction of sp³-hybridized carbons (Fsp3) is 0.625. The fourth-order valence-corrected chi connectivity index (χ4v) is 2.91. The molecule has 0 aliphatic carbocycles. The van der Waals surface area contributed by atoms with E-state index in [0.29, 0.717) is 12.5 Å². The van der Waals surface area contributed by atoms with Crippen molar-refractivity contribution in [1.29, 1.82) is 0 Å². The Morgan fingerprint density at radius 1 is 1.25 bits per heavy atom. The monoisotopic (exact) mass is 279 g/mol. The summed E-state index contributed by atoms with van der Waals surface area (Å²) in [5.74, 6) is 2.22. The highest BCUT2D eigenvalue weighted by Crippen LogP contribution is 2.31. The maximum Gasteiger partial charge on any atom is 0.161 e. The smallest absolute Gasteiger partial charge is 0.161 e. The number of ether oxygens (including phenoxy) is 2. The Kier molecular flexibility index (Phi) is 5.26. The van der Waals surface area contributed by atoms with E-state index in [2.05, 4.69) is 17.9 Å². The SMILES string of the molecule is COc1cc(C)c(CN2CCC(CCO)C2)cc1OC. The lowest BCUT2D eigenvalue weighted by Crippen LogP contribution is -2.21. The summed E-state index contributed by atoms with van der Waals surface area (Å²) >= 11 is 0. The molecular formula is C16H25NO3. The lowest BCUT2D eigenvalue weighted by molar-refractivity contribution is 0.249. The third-order valence-corrected chi connectivity index (χ3v) is 4.14. The third-order valence-electron chi connectivity index (χ3n) is 4.14. The van der Waals surface area contributed by atoms with E-state index < -0.39 is 0 Å². The van der Waals surface area contributed by atoms with Crippen molar-refractivity contribution in [3.63, 3.8) is 0 Å². The molecule has 0 amide bonds. The highest BCUT2D eigenvalue weighted by molar-refractivity contribution is 5.47. The highest BCUT2D eigenvalue weighted by Gasteiger charge is 2.22. The van der Waals surface area contributed by atoms with Gasteiger partial charge in [0.1, 0.15) is 0 Å².